The van der Waals surface area contributed by atoms with E-state index < -0.39 is 28.6 Å². The van der Waals surface area contributed by atoms with Gasteiger partial charge in [-0.3, -0.25) is 13.9 Å². The van der Waals surface area contributed by atoms with Gasteiger partial charge in [-0.05, 0) is 36.8 Å². The molecule has 0 bridgehead atoms. The van der Waals surface area contributed by atoms with Gasteiger partial charge in [0.25, 0.3) is 10.0 Å². The van der Waals surface area contributed by atoms with Crippen molar-refractivity contribution in [3.05, 3.63) is 54.1 Å². The number of anilines is 2. The lowest BCUT2D eigenvalue weighted by Crippen LogP contribution is -2.38. The summed E-state index contributed by atoms with van der Waals surface area (Å²) < 4.78 is 68.6. The molecule has 0 heterocycles. The van der Waals surface area contributed by atoms with E-state index in [1.165, 1.54) is 18.2 Å². The van der Waals surface area contributed by atoms with Crippen molar-refractivity contribution >= 4 is 27.3 Å². The lowest BCUT2D eigenvalue weighted by atomic mass is 10.1. The van der Waals surface area contributed by atoms with Crippen molar-refractivity contribution in [2.45, 2.75) is 17.9 Å². The molecule has 2 aromatic carbocycles. The molecule has 0 fully saturated rings. The Bertz CT molecular complexity index is 843. The smallest absolute Gasteiger partial charge is 0.261 e. The van der Waals surface area contributed by atoms with E-state index in [1.54, 1.807) is 37.3 Å². The summed E-state index contributed by atoms with van der Waals surface area (Å²) in [6.07, 6.45) is 0. The van der Waals surface area contributed by atoms with Gasteiger partial charge >= 0.3 is 0 Å². The molecule has 1 amide bonds. The molecule has 30 heavy (non-hydrogen) atoms. The van der Waals surface area contributed by atoms with Crippen molar-refractivity contribution in [2.75, 3.05) is 23.8 Å². The van der Waals surface area contributed by atoms with Gasteiger partial charge in [0.1, 0.15) is 6.04 Å². The van der Waals surface area contributed by atoms with E-state index in [-0.39, 0.29) is 4.90 Å². The average Bonchev–Trinajstić information content (AvgIpc) is 2.80. The number of aliphatic hydroxyl groups excluding tert-OH is 1. The highest BCUT2D eigenvalue weighted by Crippen LogP contribution is 2.23. The zero-order valence-electron chi connectivity index (χ0n) is 16.0. The maximum atomic E-state index is 12.3. The molecule has 170 valence electrons. The highest BCUT2D eigenvalue weighted by molar-refractivity contribution is 7.92. The lowest BCUT2D eigenvalue weighted by Gasteiger charge is -2.14. The lowest BCUT2D eigenvalue weighted by molar-refractivity contribution is -0.118. The number of rotatable bonds is 6. The summed E-state index contributed by atoms with van der Waals surface area (Å²) in [6, 6.07) is 11.7. The molecule has 0 saturated heterocycles. The number of alkyl halides is 1. The van der Waals surface area contributed by atoms with E-state index in [2.05, 4.69) is 10.0 Å². The number of hydrogen-bond acceptors (Lipinski definition) is 5. The second-order valence-corrected chi connectivity index (χ2v) is 6.91. The first kappa shape index (κ1) is 29.4. The number of nitrogens with one attached hydrogen (secondary N) is 2. The van der Waals surface area contributed by atoms with E-state index in [9.17, 15) is 17.6 Å². The zero-order valence-corrected chi connectivity index (χ0v) is 16.8. The van der Waals surface area contributed by atoms with Crippen LogP contribution in [0, 0.1) is 6.92 Å². The predicted molar refractivity (Wildman–Crippen MR) is 104 cm³/mol. The van der Waals surface area contributed by atoms with E-state index >= 15 is 0 Å². The molecular weight excluding hydrogens is 437 g/mol. The summed E-state index contributed by atoms with van der Waals surface area (Å²) in [7, 11) is -3.22. The van der Waals surface area contributed by atoms with E-state index in [4.69, 9.17) is 29.1 Å². The van der Waals surface area contributed by atoms with Crippen LogP contribution in [0.4, 0.5) is 34.1 Å². The van der Waals surface area contributed by atoms with Crippen molar-refractivity contribution < 1.29 is 41.0 Å². The van der Waals surface area contributed by atoms with Gasteiger partial charge in [0.05, 0.1) is 24.4 Å². The first-order valence-electron chi connectivity index (χ1n) is 7.85. The second-order valence-electron chi connectivity index (χ2n) is 5.23. The molecule has 0 unspecified atom stereocenters. The molecule has 0 aliphatic carbocycles. The van der Waals surface area contributed by atoms with E-state index in [0.29, 0.717) is 18.6 Å². The Morgan fingerprint density at radius 2 is 1.60 bits per heavy atom. The molecule has 0 saturated carbocycles. The maximum absolute atomic E-state index is 12.3. The fraction of sp³-hybridized carbons (Fsp3) is 0.235. The number of carbonyl (C=O) groups excluding carboxylic acids is 1. The summed E-state index contributed by atoms with van der Waals surface area (Å²) in [5, 5.41) is 11.5. The quantitative estimate of drug-likeness (QED) is 0.494. The molecule has 13 heteroatoms. The predicted octanol–water partition coefficient (Wildman–Crippen LogP) is 3.32. The third kappa shape index (κ3) is 9.62. The Hall–Kier alpha value is -2.77. The van der Waals surface area contributed by atoms with Crippen molar-refractivity contribution in [2.24, 2.45) is 5.73 Å². The topological polar surface area (TPSA) is 122 Å². The molecule has 1 atom stereocenters. The minimum Gasteiger partial charge on any atom is -0.394 e. The van der Waals surface area contributed by atoms with Crippen LogP contribution < -0.4 is 15.8 Å². The fourth-order valence-electron chi connectivity index (χ4n) is 1.94. The molecule has 2 aromatic rings. The number of amides is 1. The molecule has 7 nitrogen and oxygen atoms in total. The fourth-order valence-corrected chi connectivity index (χ4v) is 3.01. The van der Waals surface area contributed by atoms with Crippen LogP contribution in [0.5, 0.6) is 0 Å². The van der Waals surface area contributed by atoms with Gasteiger partial charge in [0.15, 0.2) is 0 Å². The van der Waals surface area contributed by atoms with Gasteiger partial charge in [-0.2, -0.15) is 0 Å². The molecule has 0 radical (unpaired) electrons. The number of sulfonamides is 1. The molecule has 0 spiro atoms. The summed E-state index contributed by atoms with van der Waals surface area (Å²) >= 11 is 0. The van der Waals surface area contributed by atoms with Gasteiger partial charge in [-0.15, -0.1) is 0 Å². The van der Waals surface area contributed by atoms with Crippen molar-refractivity contribution in [3.8, 4) is 0 Å². The SMILES string of the molecule is CF.Cc1ccc(NS(=O)(=O)c2ccccc2)cc1NC(=O)[C@@H](N)CO.FF.FF. The summed E-state index contributed by atoms with van der Waals surface area (Å²) in [5.74, 6) is -0.552. The summed E-state index contributed by atoms with van der Waals surface area (Å²) in [5.41, 5.74) is 6.91. The van der Waals surface area contributed by atoms with Gasteiger partial charge in [0, 0.05) is 24.0 Å². The minimum atomic E-state index is -3.72. The first-order valence-corrected chi connectivity index (χ1v) is 9.34. The Kier molecular flexibility index (Phi) is 15.8. The van der Waals surface area contributed by atoms with Crippen molar-refractivity contribution in [1.82, 2.24) is 0 Å². The summed E-state index contributed by atoms with van der Waals surface area (Å²) in [4.78, 5) is 11.9. The highest BCUT2D eigenvalue weighted by Gasteiger charge is 2.16. The number of aryl methyl sites for hydroxylation is 1. The third-order valence-corrected chi connectivity index (χ3v) is 4.73. The van der Waals surface area contributed by atoms with Crippen LogP contribution in [-0.4, -0.2) is 39.3 Å². The summed E-state index contributed by atoms with van der Waals surface area (Å²) in [6.45, 7) is 1.28. The molecule has 0 aliphatic heterocycles. The van der Waals surface area contributed by atoms with Crippen LogP contribution in [0.1, 0.15) is 5.56 Å². The van der Waals surface area contributed by atoms with Crippen molar-refractivity contribution in [1.29, 1.82) is 0 Å². The van der Waals surface area contributed by atoms with E-state index in [0.717, 1.165) is 5.56 Å². The second kappa shape index (κ2) is 16.1. The minimum absolute atomic E-state index is 0.137. The number of halogens is 5. The monoisotopic (exact) mass is 459 g/mol. The molecule has 5 N–H and O–H groups in total. The van der Waals surface area contributed by atoms with Crippen LogP contribution in [0.2, 0.25) is 0 Å². The largest absolute Gasteiger partial charge is 0.394 e. The highest BCUT2D eigenvalue weighted by atomic mass is 32.2. The van der Waals surface area contributed by atoms with Gasteiger partial charge < -0.3 is 16.2 Å². The number of hydrogen-bond donors (Lipinski definition) is 4. The van der Waals surface area contributed by atoms with Crippen molar-refractivity contribution in [3.63, 3.8) is 0 Å². The van der Waals surface area contributed by atoms with Crippen LogP contribution in [0.25, 0.3) is 0 Å². The Morgan fingerprint density at radius 3 is 2.10 bits per heavy atom. The normalized spacial score (nSPS) is 10.6. The number of benzene rings is 2. The standard InChI is InChI=1S/C16H19N3O4S.CH3F.2F2/c1-11-7-8-12(9-15(11)18-16(21)14(17)10-20)19-24(22,23)13-5-3-2-4-6-13;3*1-2/h2-9,14,19-20H,10,17H2,1H3,(H,18,21);1H3;;/t14-;;;/m0.../s1. The maximum Gasteiger partial charge on any atom is 0.261 e. The molecule has 2 rings (SSSR count). The molecule has 0 aliphatic rings. The Morgan fingerprint density at radius 1 is 1.07 bits per heavy atom. The number of aliphatic hydroxyl groups is 1. The van der Waals surface area contributed by atoms with Crippen LogP contribution in [0.15, 0.2) is 53.4 Å². The van der Waals surface area contributed by atoms with Gasteiger partial charge in [-0.1, -0.05) is 24.3 Å². The average molecular weight is 459 g/mol. The Balaban J connectivity index is 0. The van der Waals surface area contributed by atoms with Gasteiger partial charge in [0.2, 0.25) is 5.91 Å². The Labute approximate surface area is 170 Å². The molecular formula is C17H22F5N3O4S. The third-order valence-electron chi connectivity index (χ3n) is 3.33. The van der Waals surface area contributed by atoms with Gasteiger partial charge in [-0.25, -0.2) is 8.42 Å². The number of nitrogens with two attached hydrogens (primary N) is 1. The molecule has 0 aromatic heterocycles. The van der Waals surface area contributed by atoms with E-state index in [1.807, 2.05) is 0 Å². The van der Waals surface area contributed by atoms with Crippen LogP contribution >= 0.6 is 0 Å². The zero-order chi connectivity index (χ0) is 23.7. The first-order chi connectivity index (χ1) is 14.3. The van der Waals surface area contributed by atoms with Crippen LogP contribution in [0.3, 0.4) is 0 Å². The number of carbonyl (C=O) groups is 1. The van der Waals surface area contributed by atoms with Crippen LogP contribution in [-0.2, 0) is 14.8 Å².